The summed E-state index contributed by atoms with van der Waals surface area (Å²) >= 11 is 0. The third-order valence-electron chi connectivity index (χ3n) is 3.53. The van der Waals surface area contributed by atoms with E-state index in [1.54, 1.807) is 6.21 Å². The molecule has 4 nitrogen and oxygen atoms in total. The van der Waals surface area contributed by atoms with Gasteiger partial charge in [0.1, 0.15) is 11.8 Å². The Morgan fingerprint density at radius 3 is 2.65 bits per heavy atom. The van der Waals surface area contributed by atoms with Gasteiger partial charge in [-0.05, 0) is 35.4 Å². The zero-order valence-electron chi connectivity index (χ0n) is 12.0. The smallest absolute Gasteiger partial charge is 0.416 e. The number of alkyl halides is 3. The van der Waals surface area contributed by atoms with Crippen molar-refractivity contribution >= 4 is 6.21 Å². The number of pyridine rings is 1. The van der Waals surface area contributed by atoms with Crippen molar-refractivity contribution in [2.75, 3.05) is 7.11 Å². The molecular weight excluding hydrogens is 307 g/mol. The highest BCUT2D eigenvalue weighted by Gasteiger charge is 2.33. The van der Waals surface area contributed by atoms with E-state index >= 15 is 0 Å². The van der Waals surface area contributed by atoms with Crippen LogP contribution in [-0.2, 0) is 12.7 Å². The van der Waals surface area contributed by atoms with E-state index in [0.717, 1.165) is 12.1 Å². The minimum atomic E-state index is -4.46. The van der Waals surface area contributed by atoms with Crippen LogP contribution in [0.1, 0.15) is 22.4 Å². The lowest BCUT2D eigenvalue weighted by atomic mass is 9.94. The second kappa shape index (κ2) is 5.39. The molecule has 7 heteroatoms. The lowest BCUT2D eigenvalue weighted by molar-refractivity contribution is -0.137. The number of fused-ring (bicyclic) bond motifs is 1. The van der Waals surface area contributed by atoms with Gasteiger partial charge in [0.25, 0.3) is 0 Å². The molecule has 0 fully saturated rings. The first-order valence-electron chi connectivity index (χ1n) is 6.63. The fourth-order valence-electron chi connectivity index (χ4n) is 2.48. The number of hydrogen-bond donors (Lipinski definition) is 0. The summed E-state index contributed by atoms with van der Waals surface area (Å²) < 4.78 is 44.5. The van der Waals surface area contributed by atoms with Crippen LogP contribution in [0.3, 0.4) is 0 Å². The zero-order chi connectivity index (χ0) is 16.6. The van der Waals surface area contributed by atoms with E-state index in [4.69, 9.17) is 10.00 Å². The Morgan fingerprint density at radius 2 is 2.00 bits per heavy atom. The molecule has 23 heavy (non-hydrogen) atoms. The molecule has 0 amide bonds. The third kappa shape index (κ3) is 2.63. The zero-order valence-corrected chi connectivity index (χ0v) is 12.0. The topological polar surface area (TPSA) is 58.3 Å². The highest BCUT2D eigenvalue weighted by Crippen LogP contribution is 2.39. The van der Waals surface area contributed by atoms with Gasteiger partial charge in [-0.25, -0.2) is 4.98 Å². The Balaban J connectivity index is 2.26. The van der Waals surface area contributed by atoms with Gasteiger partial charge in [-0.2, -0.15) is 18.4 Å². The highest BCUT2D eigenvalue weighted by atomic mass is 19.4. The summed E-state index contributed by atoms with van der Waals surface area (Å²) in [5, 5.41) is 8.89. The van der Waals surface area contributed by atoms with E-state index in [2.05, 4.69) is 9.98 Å². The van der Waals surface area contributed by atoms with Crippen molar-refractivity contribution in [3.8, 4) is 23.1 Å². The van der Waals surface area contributed by atoms with Gasteiger partial charge in [-0.15, -0.1) is 0 Å². The molecule has 2 aromatic rings. The summed E-state index contributed by atoms with van der Waals surface area (Å²) in [6, 6.07) is 7.01. The Morgan fingerprint density at radius 1 is 1.22 bits per heavy atom. The normalized spacial score (nSPS) is 12.8. The van der Waals surface area contributed by atoms with Gasteiger partial charge >= 0.3 is 6.18 Å². The Labute approximate surface area is 129 Å². The summed E-state index contributed by atoms with van der Waals surface area (Å²) in [7, 11) is 1.36. The van der Waals surface area contributed by atoms with E-state index in [0.29, 0.717) is 22.3 Å². The fourth-order valence-corrected chi connectivity index (χ4v) is 2.48. The SMILES string of the molecule is COc1nc(C#N)ccc1-c1cc(C(F)(F)F)cc2c1C=NC2. The van der Waals surface area contributed by atoms with Crippen molar-refractivity contribution in [1.29, 1.82) is 5.26 Å². The third-order valence-corrected chi connectivity index (χ3v) is 3.53. The van der Waals surface area contributed by atoms with E-state index in [1.807, 2.05) is 6.07 Å². The molecule has 0 atom stereocenters. The van der Waals surface area contributed by atoms with Crippen molar-refractivity contribution in [1.82, 2.24) is 4.98 Å². The summed E-state index contributed by atoms with van der Waals surface area (Å²) in [4.78, 5) is 8.04. The Bertz CT molecular complexity index is 851. The second-order valence-corrected chi connectivity index (χ2v) is 4.93. The number of benzene rings is 1. The maximum Gasteiger partial charge on any atom is 0.416 e. The molecule has 2 heterocycles. The van der Waals surface area contributed by atoms with Crippen molar-refractivity contribution in [3.05, 3.63) is 46.6 Å². The molecule has 1 aliphatic heterocycles. The summed E-state index contributed by atoms with van der Waals surface area (Å²) in [5.41, 5.74) is 1.22. The van der Waals surface area contributed by atoms with Crippen LogP contribution in [-0.4, -0.2) is 18.3 Å². The number of rotatable bonds is 2. The van der Waals surface area contributed by atoms with Crippen molar-refractivity contribution in [3.63, 3.8) is 0 Å². The first-order valence-corrected chi connectivity index (χ1v) is 6.63. The Hall–Kier alpha value is -2.88. The molecule has 0 N–H and O–H groups in total. The van der Waals surface area contributed by atoms with Crippen molar-refractivity contribution in [2.24, 2.45) is 4.99 Å². The monoisotopic (exact) mass is 317 g/mol. The van der Waals surface area contributed by atoms with Gasteiger partial charge in [0.15, 0.2) is 0 Å². The van der Waals surface area contributed by atoms with E-state index in [-0.39, 0.29) is 18.1 Å². The van der Waals surface area contributed by atoms with Crippen molar-refractivity contribution < 1.29 is 17.9 Å². The van der Waals surface area contributed by atoms with Gasteiger partial charge in [0.05, 0.1) is 19.2 Å². The summed E-state index contributed by atoms with van der Waals surface area (Å²) in [6.45, 7) is 0.207. The van der Waals surface area contributed by atoms with Crippen molar-refractivity contribution in [2.45, 2.75) is 12.7 Å². The van der Waals surface area contributed by atoms with Crippen LogP contribution in [0.15, 0.2) is 29.3 Å². The molecule has 1 aliphatic rings. The molecule has 0 unspecified atom stereocenters. The van der Waals surface area contributed by atoms with Gasteiger partial charge in [0, 0.05) is 17.3 Å². The Kier molecular flexibility index (Phi) is 3.52. The molecule has 0 radical (unpaired) electrons. The second-order valence-electron chi connectivity index (χ2n) is 4.93. The number of ether oxygens (including phenoxy) is 1. The molecule has 1 aromatic carbocycles. The molecule has 0 aliphatic carbocycles. The predicted molar refractivity (Wildman–Crippen MR) is 77.2 cm³/mol. The predicted octanol–water partition coefficient (Wildman–Crippen LogP) is 3.58. The molecule has 1 aromatic heterocycles. The van der Waals surface area contributed by atoms with E-state index < -0.39 is 11.7 Å². The number of methoxy groups -OCH3 is 1. The summed E-state index contributed by atoms with van der Waals surface area (Å²) in [6.07, 6.45) is -2.91. The van der Waals surface area contributed by atoms with Crippen LogP contribution in [0.25, 0.3) is 11.1 Å². The first-order chi connectivity index (χ1) is 10.9. The van der Waals surface area contributed by atoms with Gasteiger partial charge in [-0.1, -0.05) is 0 Å². The molecule has 0 spiro atoms. The number of nitrogens with zero attached hydrogens (tertiary/aromatic N) is 3. The number of halogens is 3. The van der Waals surface area contributed by atoms with Crippen LogP contribution >= 0.6 is 0 Å². The average molecular weight is 317 g/mol. The highest BCUT2D eigenvalue weighted by molar-refractivity contribution is 5.95. The number of nitriles is 1. The average Bonchev–Trinajstić information content (AvgIpc) is 3.01. The lowest BCUT2D eigenvalue weighted by Crippen LogP contribution is -2.07. The maximum atomic E-state index is 13.1. The summed E-state index contributed by atoms with van der Waals surface area (Å²) in [5.74, 6) is 0.103. The molecule has 0 saturated carbocycles. The van der Waals surface area contributed by atoms with Crippen LogP contribution in [0.2, 0.25) is 0 Å². The van der Waals surface area contributed by atoms with Gasteiger partial charge < -0.3 is 4.74 Å². The largest absolute Gasteiger partial charge is 0.481 e. The van der Waals surface area contributed by atoms with E-state index in [1.165, 1.54) is 19.2 Å². The minimum Gasteiger partial charge on any atom is -0.481 e. The van der Waals surface area contributed by atoms with Crippen LogP contribution in [0.5, 0.6) is 5.88 Å². The fraction of sp³-hybridized carbons (Fsp3) is 0.188. The molecule has 116 valence electrons. The van der Waals surface area contributed by atoms with Gasteiger partial charge in [0.2, 0.25) is 5.88 Å². The molecule has 0 bridgehead atoms. The molecule has 0 saturated heterocycles. The van der Waals surface area contributed by atoms with E-state index in [9.17, 15) is 13.2 Å². The minimum absolute atomic E-state index is 0.103. The lowest BCUT2D eigenvalue weighted by Gasteiger charge is -2.15. The van der Waals surface area contributed by atoms with Crippen LogP contribution in [0, 0.1) is 11.3 Å². The maximum absolute atomic E-state index is 13.1. The number of hydrogen-bond acceptors (Lipinski definition) is 4. The van der Waals surface area contributed by atoms with Crippen LogP contribution in [0.4, 0.5) is 13.2 Å². The number of aromatic nitrogens is 1. The number of aliphatic imine (C=N–C) groups is 1. The first kappa shape index (κ1) is 15.0. The molecule has 3 rings (SSSR count). The molecular formula is C16H10F3N3O. The standard InChI is InChI=1S/C16H10F3N3O/c1-23-15-12(3-2-11(6-20)22-15)13-5-10(16(17,18)19)4-9-7-21-8-14(9)13/h2-5,8H,7H2,1H3. The van der Waals surface area contributed by atoms with Gasteiger partial charge in [-0.3, -0.25) is 4.99 Å². The van der Waals surface area contributed by atoms with Crippen LogP contribution < -0.4 is 4.74 Å². The quantitative estimate of drug-likeness (QED) is 0.850.